The second-order valence-electron chi connectivity index (χ2n) is 5.82. The molecule has 0 saturated carbocycles. The third-order valence-corrected chi connectivity index (χ3v) is 3.54. The van der Waals surface area contributed by atoms with E-state index in [1.807, 2.05) is 25.1 Å². The van der Waals surface area contributed by atoms with Crippen LogP contribution in [0, 0.1) is 0 Å². The van der Waals surface area contributed by atoms with Crippen LogP contribution in [-0.4, -0.2) is 20.3 Å². The Morgan fingerprint density at radius 1 is 1.08 bits per heavy atom. The number of alkyl halides is 2. The van der Waals surface area contributed by atoms with Gasteiger partial charge in [0, 0.05) is 18.7 Å². The van der Waals surface area contributed by atoms with Crippen LogP contribution in [0.1, 0.15) is 18.1 Å². The van der Waals surface area contributed by atoms with Gasteiger partial charge in [-0.2, -0.15) is 8.78 Å². The normalized spacial score (nSPS) is 10.7. The summed E-state index contributed by atoms with van der Waals surface area (Å²) >= 11 is 0. The molecular weight excluding hydrogens is 340 g/mol. The Hall–Kier alpha value is -2.60. The molecule has 0 aliphatic carbocycles. The van der Waals surface area contributed by atoms with Crippen LogP contribution >= 0.6 is 0 Å². The van der Waals surface area contributed by atoms with Gasteiger partial charge in [0.2, 0.25) is 0 Å². The third-order valence-electron chi connectivity index (χ3n) is 3.54. The maximum absolute atomic E-state index is 12.5. The molecular formula is C20H23F2NO3. The van der Waals surface area contributed by atoms with Crippen molar-refractivity contribution < 1.29 is 23.0 Å². The first kappa shape index (κ1) is 19.7. The Kier molecular flexibility index (Phi) is 7.41. The number of ether oxygens (including phenoxy) is 3. The molecule has 0 radical (unpaired) electrons. The summed E-state index contributed by atoms with van der Waals surface area (Å²) in [5.41, 5.74) is 2.56. The lowest BCUT2D eigenvalue weighted by Crippen LogP contribution is -2.14. The second kappa shape index (κ2) is 9.77. The fraction of sp³-hybridized carbons (Fsp3) is 0.300. The highest BCUT2D eigenvalue weighted by Crippen LogP contribution is 2.28. The number of halogens is 2. The van der Waals surface area contributed by atoms with E-state index in [2.05, 4.69) is 16.6 Å². The fourth-order valence-electron chi connectivity index (χ4n) is 2.35. The van der Waals surface area contributed by atoms with Crippen molar-refractivity contribution in [2.45, 2.75) is 26.6 Å². The second-order valence-corrected chi connectivity index (χ2v) is 5.82. The molecule has 0 spiro atoms. The van der Waals surface area contributed by atoms with E-state index in [0.29, 0.717) is 36.8 Å². The first-order chi connectivity index (χ1) is 12.5. The Morgan fingerprint density at radius 3 is 2.54 bits per heavy atom. The lowest BCUT2D eigenvalue weighted by Gasteiger charge is -2.14. The van der Waals surface area contributed by atoms with Gasteiger partial charge in [-0.3, -0.25) is 0 Å². The molecule has 0 fully saturated rings. The molecule has 0 atom stereocenters. The van der Waals surface area contributed by atoms with Gasteiger partial charge in [-0.15, -0.1) is 0 Å². The molecule has 6 heteroatoms. The van der Waals surface area contributed by atoms with Gasteiger partial charge in [0.1, 0.15) is 12.4 Å². The molecule has 1 N–H and O–H groups in total. The highest BCUT2D eigenvalue weighted by molar-refractivity contribution is 5.43. The number of nitrogens with one attached hydrogen (secondary N) is 1. The molecule has 26 heavy (non-hydrogen) atoms. The minimum absolute atomic E-state index is 0.176. The van der Waals surface area contributed by atoms with E-state index in [1.165, 1.54) is 6.07 Å². The summed E-state index contributed by atoms with van der Waals surface area (Å²) in [6.07, 6.45) is 0. The predicted octanol–water partition coefficient (Wildman–Crippen LogP) is 4.54. The van der Waals surface area contributed by atoms with Crippen LogP contribution in [0.3, 0.4) is 0 Å². The molecule has 0 aromatic heterocycles. The number of hydrogen-bond acceptors (Lipinski definition) is 4. The zero-order valence-electron chi connectivity index (χ0n) is 14.9. The zero-order chi connectivity index (χ0) is 18.9. The number of methoxy groups -OCH3 is 1. The molecule has 2 aromatic rings. The monoisotopic (exact) mass is 363 g/mol. The summed E-state index contributed by atoms with van der Waals surface area (Å²) in [5, 5.41) is 3.22. The van der Waals surface area contributed by atoms with Gasteiger partial charge in [0.25, 0.3) is 0 Å². The van der Waals surface area contributed by atoms with Crippen LogP contribution in [0.15, 0.2) is 54.6 Å². The van der Waals surface area contributed by atoms with Crippen molar-refractivity contribution in [1.29, 1.82) is 0 Å². The molecule has 0 amide bonds. The zero-order valence-corrected chi connectivity index (χ0v) is 14.9. The number of hydrogen-bond donors (Lipinski definition) is 1. The van der Waals surface area contributed by atoms with Crippen LogP contribution in [0.25, 0.3) is 0 Å². The van der Waals surface area contributed by atoms with Gasteiger partial charge in [0.05, 0.1) is 7.11 Å². The Balaban J connectivity index is 1.99. The summed E-state index contributed by atoms with van der Waals surface area (Å²) in [4.78, 5) is 0. The van der Waals surface area contributed by atoms with Gasteiger partial charge in [-0.05, 0) is 36.3 Å². The van der Waals surface area contributed by atoms with Crippen LogP contribution in [0.2, 0.25) is 0 Å². The first-order valence-corrected chi connectivity index (χ1v) is 8.17. The van der Waals surface area contributed by atoms with E-state index in [4.69, 9.17) is 9.47 Å². The van der Waals surface area contributed by atoms with Crippen molar-refractivity contribution in [3.63, 3.8) is 0 Å². The van der Waals surface area contributed by atoms with Crippen LogP contribution < -0.4 is 19.5 Å². The Morgan fingerprint density at radius 2 is 1.85 bits per heavy atom. The predicted molar refractivity (Wildman–Crippen MR) is 96.9 cm³/mol. The number of benzene rings is 2. The molecule has 2 aromatic carbocycles. The minimum Gasteiger partial charge on any atom is -0.493 e. The van der Waals surface area contributed by atoms with E-state index in [0.717, 1.165) is 11.1 Å². The average molecular weight is 363 g/mol. The van der Waals surface area contributed by atoms with Crippen molar-refractivity contribution >= 4 is 0 Å². The highest BCUT2D eigenvalue weighted by Gasteiger charge is 2.09. The topological polar surface area (TPSA) is 39.7 Å². The molecule has 0 heterocycles. The Bertz CT molecular complexity index is 735. The minimum atomic E-state index is -2.84. The maximum Gasteiger partial charge on any atom is 0.387 e. The van der Waals surface area contributed by atoms with Crippen LogP contribution in [0.5, 0.6) is 17.2 Å². The summed E-state index contributed by atoms with van der Waals surface area (Å²) in [6, 6.07) is 12.4. The lowest BCUT2D eigenvalue weighted by molar-refractivity contribution is -0.0505. The van der Waals surface area contributed by atoms with Crippen molar-refractivity contribution in [3.8, 4) is 17.2 Å². The number of rotatable bonds is 10. The van der Waals surface area contributed by atoms with Gasteiger partial charge >= 0.3 is 6.61 Å². The Labute approximate surface area is 152 Å². The SMILES string of the molecule is C=C(C)COc1cc(CNCc2ccccc2OC(F)F)ccc1OC. The summed E-state index contributed by atoms with van der Waals surface area (Å²) < 4.78 is 40.4. The molecule has 4 nitrogen and oxygen atoms in total. The molecule has 0 saturated heterocycles. The molecule has 0 bridgehead atoms. The van der Waals surface area contributed by atoms with Gasteiger partial charge in [-0.25, -0.2) is 0 Å². The molecule has 2 rings (SSSR count). The van der Waals surface area contributed by atoms with E-state index in [-0.39, 0.29) is 5.75 Å². The summed E-state index contributed by atoms with van der Waals surface area (Å²) in [7, 11) is 1.58. The molecule has 0 aliphatic heterocycles. The van der Waals surface area contributed by atoms with E-state index >= 15 is 0 Å². The molecule has 140 valence electrons. The summed E-state index contributed by atoms with van der Waals surface area (Å²) in [5.74, 6) is 1.46. The molecule has 0 unspecified atom stereocenters. The first-order valence-electron chi connectivity index (χ1n) is 8.17. The van der Waals surface area contributed by atoms with Crippen molar-refractivity contribution in [2.24, 2.45) is 0 Å². The smallest absolute Gasteiger partial charge is 0.387 e. The quantitative estimate of drug-likeness (QED) is 0.629. The van der Waals surface area contributed by atoms with Gasteiger partial charge < -0.3 is 19.5 Å². The van der Waals surface area contributed by atoms with Crippen LogP contribution in [0.4, 0.5) is 8.78 Å². The van der Waals surface area contributed by atoms with Crippen molar-refractivity contribution in [3.05, 3.63) is 65.7 Å². The van der Waals surface area contributed by atoms with Gasteiger partial charge in [0.15, 0.2) is 11.5 Å². The maximum atomic E-state index is 12.5. The fourth-order valence-corrected chi connectivity index (χ4v) is 2.35. The van der Waals surface area contributed by atoms with E-state index in [9.17, 15) is 8.78 Å². The van der Waals surface area contributed by atoms with E-state index in [1.54, 1.807) is 25.3 Å². The molecule has 0 aliphatic rings. The van der Waals surface area contributed by atoms with Crippen molar-refractivity contribution in [2.75, 3.05) is 13.7 Å². The highest BCUT2D eigenvalue weighted by atomic mass is 19.3. The average Bonchev–Trinajstić information content (AvgIpc) is 2.61. The number of para-hydroxylation sites is 1. The standard InChI is InChI=1S/C20H23F2NO3/c1-14(2)13-25-19-10-15(8-9-18(19)24-3)11-23-12-16-6-4-5-7-17(16)26-20(21)22/h4-10,20,23H,1,11-13H2,2-3H3. The van der Waals surface area contributed by atoms with Gasteiger partial charge in [-0.1, -0.05) is 30.8 Å². The summed E-state index contributed by atoms with van der Waals surface area (Å²) in [6.45, 7) is 4.21. The third kappa shape index (κ3) is 6.04. The lowest BCUT2D eigenvalue weighted by atomic mass is 10.1. The van der Waals surface area contributed by atoms with Crippen LogP contribution in [-0.2, 0) is 13.1 Å². The van der Waals surface area contributed by atoms with E-state index < -0.39 is 6.61 Å². The van der Waals surface area contributed by atoms with Crippen molar-refractivity contribution in [1.82, 2.24) is 5.32 Å². The largest absolute Gasteiger partial charge is 0.493 e.